The van der Waals surface area contributed by atoms with Crippen LogP contribution in [0, 0.1) is 33.6 Å². The largest absolute Gasteiger partial charge is 0.497 e. The third-order valence-electron chi connectivity index (χ3n) is 5.45. The van der Waals surface area contributed by atoms with Crippen LogP contribution in [0.1, 0.15) is 47.2 Å². The molecule has 2 aromatic carbocycles. The van der Waals surface area contributed by atoms with Crippen LogP contribution in [0.5, 0.6) is 11.5 Å². The van der Waals surface area contributed by atoms with Crippen molar-refractivity contribution >= 4 is 0 Å². The van der Waals surface area contributed by atoms with Crippen molar-refractivity contribution in [3.63, 3.8) is 0 Å². The minimum absolute atomic E-state index is 0.0804. The zero-order valence-electron chi connectivity index (χ0n) is 17.8. The molecule has 3 N–H and O–H groups in total. The van der Waals surface area contributed by atoms with Crippen LogP contribution in [-0.4, -0.2) is 25.4 Å². The maximum absolute atomic E-state index is 12.2. The van der Waals surface area contributed by atoms with E-state index < -0.39 is 11.6 Å². The topological polar surface area (TPSA) is 64.7 Å². The maximum Gasteiger partial charge on any atom is 0.131 e. The molecule has 0 bridgehead atoms. The van der Waals surface area contributed by atoms with Crippen LogP contribution in [0.15, 0.2) is 24.3 Å². The number of aryl methyl sites for hydroxylation is 4. The van der Waals surface area contributed by atoms with Gasteiger partial charge in [0.05, 0.1) is 14.2 Å². The summed E-state index contributed by atoms with van der Waals surface area (Å²) in [5.41, 5.74) is 10.9. The SMILES string of the molecule is COc1cc(C)c(C(O)(c2c(C)cc(OC)cc2C)[C@@H](N)C(C)C)c(C)c1. The summed E-state index contributed by atoms with van der Waals surface area (Å²) >= 11 is 0. The summed E-state index contributed by atoms with van der Waals surface area (Å²) in [5, 5.41) is 12.2. The van der Waals surface area contributed by atoms with Gasteiger partial charge in [-0.1, -0.05) is 13.8 Å². The smallest absolute Gasteiger partial charge is 0.131 e. The van der Waals surface area contributed by atoms with Crippen LogP contribution in [-0.2, 0) is 5.60 Å². The number of hydrogen-bond acceptors (Lipinski definition) is 4. The highest BCUT2D eigenvalue weighted by Gasteiger charge is 2.44. The van der Waals surface area contributed by atoms with Crippen molar-refractivity contribution in [1.29, 1.82) is 0 Å². The fraction of sp³-hybridized carbons (Fsp3) is 0.478. The molecule has 4 heteroatoms. The van der Waals surface area contributed by atoms with Gasteiger partial charge >= 0.3 is 0 Å². The summed E-state index contributed by atoms with van der Waals surface area (Å²) in [7, 11) is 3.30. The van der Waals surface area contributed by atoms with Crippen LogP contribution in [0.3, 0.4) is 0 Å². The number of benzene rings is 2. The van der Waals surface area contributed by atoms with Gasteiger partial charge in [0, 0.05) is 6.04 Å². The lowest BCUT2D eigenvalue weighted by atomic mass is 9.71. The first-order chi connectivity index (χ1) is 12.6. The molecule has 0 fully saturated rings. The predicted octanol–water partition coefficient (Wildman–Crippen LogP) is 4.16. The molecule has 2 rings (SSSR count). The van der Waals surface area contributed by atoms with E-state index in [0.717, 1.165) is 44.9 Å². The van der Waals surface area contributed by atoms with Crippen molar-refractivity contribution in [3.05, 3.63) is 57.6 Å². The molecular formula is C23H33NO3. The molecule has 148 valence electrons. The second-order valence-electron chi connectivity index (χ2n) is 7.81. The second kappa shape index (κ2) is 7.91. The highest BCUT2D eigenvalue weighted by atomic mass is 16.5. The Kier molecular flexibility index (Phi) is 6.23. The van der Waals surface area contributed by atoms with Gasteiger partial charge < -0.3 is 20.3 Å². The standard InChI is InChI=1S/C23H33NO3/c1-13(2)22(24)23(25,20-14(3)9-18(26-7)10-15(20)4)21-16(5)11-19(27-8)12-17(21)6/h9-13,22,25H,24H2,1-8H3/t22-/m0/s1. The maximum atomic E-state index is 12.2. The third-order valence-corrected chi connectivity index (χ3v) is 5.45. The molecule has 0 spiro atoms. The van der Waals surface area contributed by atoms with E-state index >= 15 is 0 Å². The highest BCUT2D eigenvalue weighted by molar-refractivity contribution is 5.55. The molecular weight excluding hydrogens is 338 g/mol. The van der Waals surface area contributed by atoms with Crippen molar-refractivity contribution in [2.24, 2.45) is 11.7 Å². The molecule has 4 nitrogen and oxygen atoms in total. The van der Waals surface area contributed by atoms with Gasteiger partial charge in [0.25, 0.3) is 0 Å². The molecule has 0 aliphatic rings. The lowest BCUT2D eigenvalue weighted by molar-refractivity contribution is 0.0329. The Bertz CT molecular complexity index is 721. The zero-order chi connectivity index (χ0) is 20.5. The quantitative estimate of drug-likeness (QED) is 0.800. The second-order valence-corrected chi connectivity index (χ2v) is 7.81. The Hall–Kier alpha value is -2.04. The molecule has 0 aliphatic carbocycles. The van der Waals surface area contributed by atoms with Crippen molar-refractivity contribution in [2.45, 2.75) is 53.2 Å². The van der Waals surface area contributed by atoms with Gasteiger partial charge in [0.2, 0.25) is 0 Å². The molecule has 0 saturated heterocycles. The summed E-state index contributed by atoms with van der Waals surface area (Å²) in [4.78, 5) is 0. The van der Waals surface area contributed by atoms with E-state index in [4.69, 9.17) is 15.2 Å². The molecule has 0 amide bonds. The summed E-state index contributed by atoms with van der Waals surface area (Å²) in [6.07, 6.45) is 0. The first kappa shape index (κ1) is 21.3. The molecule has 0 aromatic heterocycles. The van der Waals surface area contributed by atoms with Gasteiger partial charge in [0.1, 0.15) is 17.1 Å². The Morgan fingerprint density at radius 1 is 0.778 bits per heavy atom. The lowest BCUT2D eigenvalue weighted by Gasteiger charge is -2.41. The van der Waals surface area contributed by atoms with Gasteiger partial charge in [-0.05, 0) is 91.3 Å². The zero-order valence-corrected chi connectivity index (χ0v) is 17.8. The minimum Gasteiger partial charge on any atom is -0.497 e. The van der Waals surface area contributed by atoms with Crippen molar-refractivity contribution in [3.8, 4) is 11.5 Å². The summed E-state index contributed by atoms with van der Waals surface area (Å²) in [6.45, 7) is 12.1. The molecule has 2 aromatic rings. The van der Waals surface area contributed by atoms with E-state index in [9.17, 15) is 5.11 Å². The van der Waals surface area contributed by atoms with Crippen LogP contribution in [0.4, 0.5) is 0 Å². The van der Waals surface area contributed by atoms with Gasteiger partial charge in [0.15, 0.2) is 0 Å². The predicted molar refractivity (Wildman–Crippen MR) is 111 cm³/mol. The van der Waals surface area contributed by atoms with Gasteiger partial charge in [-0.3, -0.25) is 0 Å². The van der Waals surface area contributed by atoms with E-state index in [1.165, 1.54) is 0 Å². The Morgan fingerprint density at radius 3 is 1.30 bits per heavy atom. The van der Waals surface area contributed by atoms with E-state index in [1.54, 1.807) is 14.2 Å². The van der Waals surface area contributed by atoms with E-state index in [-0.39, 0.29) is 5.92 Å². The first-order valence-electron chi connectivity index (χ1n) is 9.37. The lowest BCUT2D eigenvalue weighted by Crippen LogP contribution is -2.51. The summed E-state index contributed by atoms with van der Waals surface area (Å²) in [5.74, 6) is 1.63. The minimum atomic E-state index is -1.32. The Morgan fingerprint density at radius 2 is 1.07 bits per heavy atom. The van der Waals surface area contributed by atoms with E-state index in [1.807, 2.05) is 65.8 Å². The molecule has 1 atom stereocenters. The van der Waals surface area contributed by atoms with Crippen molar-refractivity contribution in [2.75, 3.05) is 14.2 Å². The number of nitrogens with two attached hydrogens (primary N) is 1. The normalized spacial score (nSPS) is 13.0. The van der Waals surface area contributed by atoms with Crippen LogP contribution in [0.25, 0.3) is 0 Å². The molecule has 0 unspecified atom stereocenters. The van der Waals surface area contributed by atoms with E-state index in [0.29, 0.717) is 0 Å². The van der Waals surface area contributed by atoms with Gasteiger partial charge in [-0.25, -0.2) is 0 Å². The Labute approximate surface area is 163 Å². The molecule has 0 aliphatic heterocycles. The average Bonchev–Trinajstić information content (AvgIpc) is 2.59. The van der Waals surface area contributed by atoms with E-state index in [2.05, 4.69) is 0 Å². The van der Waals surface area contributed by atoms with Crippen molar-refractivity contribution < 1.29 is 14.6 Å². The highest BCUT2D eigenvalue weighted by Crippen LogP contribution is 2.43. The third kappa shape index (κ3) is 3.69. The van der Waals surface area contributed by atoms with Crippen LogP contribution in [0.2, 0.25) is 0 Å². The summed E-state index contributed by atoms with van der Waals surface area (Å²) < 4.78 is 10.8. The fourth-order valence-electron chi connectivity index (χ4n) is 4.23. The number of aliphatic hydroxyl groups is 1. The summed E-state index contributed by atoms with van der Waals surface area (Å²) in [6, 6.07) is 7.33. The van der Waals surface area contributed by atoms with Crippen LogP contribution >= 0.6 is 0 Å². The van der Waals surface area contributed by atoms with Gasteiger partial charge in [-0.15, -0.1) is 0 Å². The molecule has 0 radical (unpaired) electrons. The van der Waals surface area contributed by atoms with Crippen LogP contribution < -0.4 is 15.2 Å². The first-order valence-corrected chi connectivity index (χ1v) is 9.37. The molecule has 27 heavy (non-hydrogen) atoms. The fourth-order valence-corrected chi connectivity index (χ4v) is 4.23. The number of methoxy groups -OCH3 is 2. The number of hydrogen-bond donors (Lipinski definition) is 2. The van der Waals surface area contributed by atoms with Crippen molar-refractivity contribution in [1.82, 2.24) is 0 Å². The number of rotatable bonds is 6. The Balaban J connectivity index is 2.89. The molecule has 0 heterocycles. The molecule has 0 saturated carbocycles. The van der Waals surface area contributed by atoms with Gasteiger partial charge in [-0.2, -0.15) is 0 Å². The average molecular weight is 372 g/mol. The number of ether oxygens (including phenoxy) is 2. The monoisotopic (exact) mass is 371 g/mol.